The number of amides is 6. The third-order valence-electron chi connectivity index (χ3n) is 15.0. The Balaban J connectivity index is 0.639. The zero-order valence-electron chi connectivity index (χ0n) is 43.5. The summed E-state index contributed by atoms with van der Waals surface area (Å²) in [6, 6.07) is 18.8. The van der Waals surface area contributed by atoms with Crippen LogP contribution >= 0.6 is 11.3 Å². The van der Waals surface area contributed by atoms with Crippen molar-refractivity contribution in [3.05, 3.63) is 126 Å². The summed E-state index contributed by atoms with van der Waals surface area (Å²) in [5.41, 5.74) is 6.62. The Morgan fingerprint density at radius 2 is 1.64 bits per heavy atom. The van der Waals surface area contributed by atoms with E-state index in [2.05, 4.69) is 26.3 Å². The lowest BCUT2D eigenvalue weighted by Crippen LogP contribution is -2.54. The molecule has 4 aliphatic heterocycles. The van der Waals surface area contributed by atoms with E-state index < -0.39 is 35.7 Å². The molecule has 0 saturated carbocycles. The van der Waals surface area contributed by atoms with Crippen molar-refractivity contribution in [2.24, 2.45) is 17.4 Å². The molecule has 6 amide bonds. The number of nitrogens with one attached hydrogen (secondary N) is 3. The predicted octanol–water partition coefficient (Wildman–Crippen LogP) is 6.02. The van der Waals surface area contributed by atoms with Crippen molar-refractivity contribution >= 4 is 64.0 Å². The molecule has 3 atom stereocenters. The van der Waals surface area contributed by atoms with Gasteiger partial charge in [0.2, 0.25) is 17.7 Å². The Bertz CT molecular complexity index is 3170. The number of fused-ring (bicyclic) bond motifs is 2. The van der Waals surface area contributed by atoms with Crippen LogP contribution in [0.4, 0.5) is 17.2 Å². The Labute approximate surface area is 449 Å². The summed E-state index contributed by atoms with van der Waals surface area (Å²) >= 11 is 1.58. The van der Waals surface area contributed by atoms with Crippen molar-refractivity contribution in [3.8, 4) is 11.3 Å². The maximum atomic E-state index is 13.9. The van der Waals surface area contributed by atoms with Crippen LogP contribution < -0.4 is 21.5 Å². The fraction of sp³-hybridized carbons (Fsp3) is 0.429. The van der Waals surface area contributed by atoms with Crippen LogP contribution in [0.1, 0.15) is 102 Å². The minimum atomic E-state index is -1.00. The highest BCUT2D eigenvalue weighted by atomic mass is 32.1. The van der Waals surface area contributed by atoms with E-state index in [-0.39, 0.29) is 47.6 Å². The summed E-state index contributed by atoms with van der Waals surface area (Å²) in [6.45, 7) is 6.57. The van der Waals surface area contributed by atoms with Crippen LogP contribution in [0.25, 0.3) is 11.3 Å². The zero-order valence-corrected chi connectivity index (χ0v) is 44.4. The molecule has 3 aromatic carbocycles. The molecule has 2 saturated heterocycles. The number of nitrogens with zero attached hydrogens (tertiary/aromatic N) is 8. The van der Waals surface area contributed by atoms with Gasteiger partial charge in [-0.3, -0.25) is 53.7 Å². The van der Waals surface area contributed by atoms with Crippen molar-refractivity contribution in [1.82, 2.24) is 34.6 Å². The van der Waals surface area contributed by atoms with Crippen molar-refractivity contribution in [2.45, 2.75) is 82.8 Å². The minimum absolute atomic E-state index is 0.0125. The first-order chi connectivity index (χ1) is 37.3. The molecule has 20 nitrogen and oxygen atoms in total. The third-order valence-corrected chi connectivity index (χ3v) is 16.2. The van der Waals surface area contributed by atoms with Gasteiger partial charge < -0.3 is 29.6 Å². The van der Waals surface area contributed by atoms with Gasteiger partial charge in [0.25, 0.3) is 23.3 Å². The maximum absolute atomic E-state index is 13.9. The number of hydrogen-bond acceptors (Lipinski definition) is 16. The molecular weight excluding hydrogens is 1000 g/mol. The Hall–Kier alpha value is -7.46. The van der Waals surface area contributed by atoms with Gasteiger partial charge in [0, 0.05) is 74.3 Å². The minimum Gasteiger partial charge on any atom is -0.381 e. The van der Waals surface area contributed by atoms with Gasteiger partial charge >= 0.3 is 0 Å². The maximum Gasteiger partial charge on any atom is 0.293 e. The summed E-state index contributed by atoms with van der Waals surface area (Å²) in [7, 11) is 3.62. The number of piperidine rings is 1. The molecule has 0 spiro atoms. The standard InChI is InChI=1S/C56H63N11O9S/c1-34-40(12-7-14-42(34)59-52(70)46-31-37-9-4-5-15-45(37)77-46)43-33-64(3)56(74)50(58-43)57-38-18-16-36(17-19-38)49-55(73)65(24-23-63(49)2)25-29-76-30-26-66-32-39(61-62-66)22-28-75-27-8-11-35-10-6-13-41-48(35)54(72)67(53(41)71)44-20-21-47(68)60-51(44)69/h6-7,10,12-14,16-19,31,33,39,44,49H,4-5,8-9,11,15,20-30,32H2,1-3H3,(H,57,58)(H,59,70)(H,60,68,69)/t39?,44?,49-/m1/s1. The van der Waals surface area contributed by atoms with Gasteiger partial charge in [0.1, 0.15) is 12.1 Å². The van der Waals surface area contributed by atoms with Crippen LogP contribution in [0.15, 0.2) is 88.1 Å². The number of rotatable bonds is 20. The molecule has 3 N–H and O–H groups in total. The third kappa shape index (κ3) is 11.6. The number of piperazine rings is 1. The van der Waals surface area contributed by atoms with Crippen LogP contribution in [-0.4, -0.2) is 143 Å². The summed E-state index contributed by atoms with van der Waals surface area (Å²) in [6.07, 6.45) is 8.04. The topological polar surface area (TPSA) is 230 Å². The number of aromatic nitrogens is 2. The first-order valence-corrected chi connectivity index (χ1v) is 27.2. The lowest BCUT2D eigenvalue weighted by molar-refractivity contribution is -0.142. The van der Waals surface area contributed by atoms with Gasteiger partial charge in [-0.25, -0.2) is 4.98 Å². The monoisotopic (exact) mass is 1070 g/mol. The van der Waals surface area contributed by atoms with E-state index in [1.54, 1.807) is 36.7 Å². The molecule has 5 aromatic rings. The van der Waals surface area contributed by atoms with Crippen molar-refractivity contribution in [2.75, 3.05) is 76.8 Å². The first kappa shape index (κ1) is 53.0. The molecule has 10 rings (SSSR count). The fourth-order valence-corrected chi connectivity index (χ4v) is 11.9. The molecule has 402 valence electrons. The Morgan fingerprint density at radius 3 is 2.45 bits per heavy atom. The van der Waals surface area contributed by atoms with Gasteiger partial charge in [-0.2, -0.15) is 5.11 Å². The van der Waals surface area contributed by atoms with Gasteiger partial charge in [0.05, 0.1) is 54.0 Å². The van der Waals surface area contributed by atoms with Gasteiger partial charge in [-0.1, -0.05) is 41.6 Å². The number of hydrogen-bond donors (Lipinski definition) is 3. The highest BCUT2D eigenvalue weighted by Crippen LogP contribution is 2.34. The van der Waals surface area contributed by atoms with E-state index in [1.807, 2.05) is 83.4 Å². The number of likely N-dealkylation sites (N-methyl/N-ethyl adjacent to an activating group) is 1. The highest BCUT2D eigenvalue weighted by molar-refractivity contribution is 7.14. The van der Waals surface area contributed by atoms with Gasteiger partial charge in [-0.15, -0.1) is 11.3 Å². The molecule has 5 aliphatic rings. The number of thiophene rings is 1. The number of imide groups is 2. The average Bonchev–Trinajstić information content (AvgIpc) is 4.18. The first-order valence-electron chi connectivity index (χ1n) is 26.4. The van der Waals surface area contributed by atoms with E-state index in [0.717, 1.165) is 52.8 Å². The predicted molar refractivity (Wildman–Crippen MR) is 288 cm³/mol. The highest BCUT2D eigenvalue weighted by Gasteiger charge is 2.45. The molecule has 0 radical (unpaired) electrons. The second-order valence-corrected chi connectivity index (χ2v) is 21.4. The van der Waals surface area contributed by atoms with Crippen molar-refractivity contribution in [1.29, 1.82) is 0 Å². The number of benzene rings is 3. The van der Waals surface area contributed by atoms with Gasteiger partial charge in [-0.05, 0) is 118 Å². The van der Waals surface area contributed by atoms with Crippen LogP contribution in [0.5, 0.6) is 0 Å². The molecule has 77 heavy (non-hydrogen) atoms. The molecule has 2 fully saturated rings. The molecule has 1 aliphatic carbocycles. The lowest BCUT2D eigenvalue weighted by Gasteiger charge is -2.39. The van der Waals surface area contributed by atoms with Crippen LogP contribution in [-0.2, 0) is 50.2 Å². The molecule has 6 heterocycles. The number of carbonyl (C=O) groups excluding carboxylic acids is 6. The number of anilines is 3. The molecule has 2 aromatic heterocycles. The smallest absolute Gasteiger partial charge is 0.293 e. The van der Waals surface area contributed by atoms with Crippen LogP contribution in [0.2, 0.25) is 0 Å². The number of aryl methyl sites for hydroxylation is 4. The van der Waals surface area contributed by atoms with Crippen LogP contribution in [0, 0.1) is 6.92 Å². The fourth-order valence-electron chi connectivity index (χ4n) is 10.7. The van der Waals surface area contributed by atoms with E-state index in [0.29, 0.717) is 106 Å². The van der Waals surface area contributed by atoms with Gasteiger partial charge in [0.15, 0.2) is 5.82 Å². The van der Waals surface area contributed by atoms with Crippen molar-refractivity contribution in [3.63, 3.8) is 0 Å². The van der Waals surface area contributed by atoms with E-state index in [9.17, 15) is 33.6 Å². The Morgan fingerprint density at radius 1 is 0.857 bits per heavy atom. The van der Waals surface area contributed by atoms with E-state index in [4.69, 9.17) is 14.5 Å². The lowest BCUT2D eigenvalue weighted by atomic mass is 9.99. The zero-order chi connectivity index (χ0) is 53.7. The normalized spacial score (nSPS) is 19.5. The summed E-state index contributed by atoms with van der Waals surface area (Å²) in [4.78, 5) is 103. The average molecular weight is 1070 g/mol. The molecule has 21 heteroatoms. The van der Waals surface area contributed by atoms with E-state index >= 15 is 0 Å². The second kappa shape index (κ2) is 23.4. The van der Waals surface area contributed by atoms with Crippen molar-refractivity contribution < 1.29 is 38.2 Å². The molecular formula is C56H63N11O9S. The Kier molecular flexibility index (Phi) is 16.1. The summed E-state index contributed by atoms with van der Waals surface area (Å²) in [5, 5.41) is 19.1. The largest absolute Gasteiger partial charge is 0.381 e. The van der Waals surface area contributed by atoms with Crippen LogP contribution in [0.3, 0.4) is 0 Å². The molecule has 0 bridgehead atoms. The molecule has 2 unspecified atom stereocenters. The SMILES string of the molecule is Cc1c(NC(=O)c2cc3c(s2)CCCC3)cccc1-c1cn(C)c(=O)c(Nc2ccc([C@@H]3C(=O)N(CCOCCN4CC(CCOCCCc5cccc6c5C(=O)N(C5CCC(=O)NC5=O)C6=O)N=N4)CCN3C)cc2)n1. The van der Waals surface area contributed by atoms with E-state index in [1.165, 1.54) is 15.0 Å². The summed E-state index contributed by atoms with van der Waals surface area (Å²) < 4.78 is 13.4. The second-order valence-electron chi connectivity index (χ2n) is 20.2. The number of carbonyl (C=O) groups is 6. The number of ether oxygens (including phenoxy) is 2. The summed E-state index contributed by atoms with van der Waals surface area (Å²) in [5.74, 6) is -2.07. The quantitative estimate of drug-likeness (QED) is 0.0600.